The molecule has 1 heterocycles. The van der Waals surface area contributed by atoms with Crippen LogP contribution in [0.3, 0.4) is 0 Å². The van der Waals surface area contributed by atoms with Gasteiger partial charge in [-0.15, -0.1) is 0 Å². The van der Waals surface area contributed by atoms with Crippen molar-refractivity contribution in [3.8, 4) is 5.75 Å². The highest BCUT2D eigenvalue weighted by Gasteiger charge is 2.18. The van der Waals surface area contributed by atoms with Gasteiger partial charge >= 0.3 is 0 Å². The van der Waals surface area contributed by atoms with E-state index in [-0.39, 0.29) is 11.4 Å². The highest BCUT2D eigenvalue weighted by molar-refractivity contribution is 7.89. The van der Waals surface area contributed by atoms with Crippen LogP contribution in [0.4, 0.5) is 0 Å². The summed E-state index contributed by atoms with van der Waals surface area (Å²) in [6.07, 6.45) is 1.67. The number of nitrogens with one attached hydrogen (secondary N) is 1. The van der Waals surface area contributed by atoms with E-state index >= 15 is 0 Å². The number of aryl methyl sites for hydroxylation is 1. The quantitative estimate of drug-likeness (QED) is 0.602. The molecule has 0 saturated heterocycles. The number of benzene rings is 2. The van der Waals surface area contributed by atoms with Gasteiger partial charge in [0, 0.05) is 25.2 Å². The Morgan fingerprint density at radius 3 is 2.59 bits per heavy atom. The van der Waals surface area contributed by atoms with E-state index in [2.05, 4.69) is 9.71 Å². The fraction of sp³-hybridized carbons (Fsp3) is 0.250. The predicted octanol–water partition coefficient (Wildman–Crippen LogP) is 3.05. The maximum Gasteiger partial charge on any atom is 0.243 e. The molecule has 27 heavy (non-hydrogen) atoms. The Morgan fingerprint density at radius 2 is 1.85 bits per heavy atom. The largest absolute Gasteiger partial charge is 0.491 e. The van der Waals surface area contributed by atoms with E-state index in [4.69, 9.17) is 9.47 Å². The first-order valence-electron chi connectivity index (χ1n) is 8.55. The first-order valence-corrected chi connectivity index (χ1v) is 10.0. The predicted molar refractivity (Wildman–Crippen MR) is 104 cm³/mol. The molecule has 0 aliphatic carbocycles. The van der Waals surface area contributed by atoms with Gasteiger partial charge in [0.2, 0.25) is 10.0 Å². The lowest BCUT2D eigenvalue weighted by Crippen LogP contribution is -2.23. The Labute approximate surface area is 159 Å². The molecule has 7 heteroatoms. The van der Waals surface area contributed by atoms with Crippen LogP contribution in [0.2, 0.25) is 0 Å². The third kappa shape index (κ3) is 4.82. The number of hydrogen-bond acceptors (Lipinski definition) is 5. The third-order valence-corrected chi connectivity index (χ3v) is 5.48. The molecule has 0 radical (unpaired) electrons. The van der Waals surface area contributed by atoms with E-state index in [1.54, 1.807) is 25.4 Å². The highest BCUT2D eigenvalue weighted by atomic mass is 32.2. The van der Waals surface area contributed by atoms with Crippen LogP contribution in [0.1, 0.15) is 11.1 Å². The van der Waals surface area contributed by atoms with E-state index in [0.717, 1.165) is 16.5 Å². The number of rotatable bonds is 8. The Kier molecular flexibility index (Phi) is 6.05. The molecule has 0 amide bonds. The number of fused-ring (bicyclic) bond motifs is 1. The minimum atomic E-state index is -3.69. The molecule has 3 aromatic rings. The Bertz CT molecular complexity index is 1020. The van der Waals surface area contributed by atoms with Gasteiger partial charge < -0.3 is 9.47 Å². The van der Waals surface area contributed by atoms with Gasteiger partial charge in [0.15, 0.2) is 0 Å². The molecule has 3 rings (SSSR count). The van der Waals surface area contributed by atoms with Crippen molar-refractivity contribution in [2.45, 2.75) is 18.4 Å². The molecule has 0 fully saturated rings. The minimum absolute atomic E-state index is 0.180. The van der Waals surface area contributed by atoms with E-state index in [1.807, 2.05) is 43.3 Å². The number of nitrogens with zero attached hydrogens (tertiary/aromatic N) is 1. The average molecular weight is 386 g/mol. The van der Waals surface area contributed by atoms with Gasteiger partial charge in [-0.05, 0) is 42.3 Å². The molecular formula is C20H22N2O4S. The topological polar surface area (TPSA) is 77.5 Å². The maximum atomic E-state index is 12.8. The Balaban J connectivity index is 1.72. The van der Waals surface area contributed by atoms with Crippen molar-refractivity contribution < 1.29 is 17.9 Å². The van der Waals surface area contributed by atoms with Crippen molar-refractivity contribution in [3.05, 3.63) is 65.9 Å². The molecule has 1 aromatic heterocycles. The van der Waals surface area contributed by atoms with E-state index in [1.165, 1.54) is 0 Å². The number of sulfonamides is 1. The zero-order valence-electron chi connectivity index (χ0n) is 15.3. The molecule has 0 aliphatic heterocycles. The van der Waals surface area contributed by atoms with Crippen molar-refractivity contribution in [2.75, 3.05) is 20.3 Å². The summed E-state index contributed by atoms with van der Waals surface area (Å²) < 4.78 is 38.6. The van der Waals surface area contributed by atoms with E-state index < -0.39 is 10.0 Å². The van der Waals surface area contributed by atoms with Crippen molar-refractivity contribution in [1.29, 1.82) is 0 Å². The molecule has 0 aliphatic rings. The SMILES string of the molecule is COCCOc1ccc(CNS(=O)(=O)c2cccc3cc(C)cnc23)cc1. The Hall–Kier alpha value is -2.48. The third-order valence-electron chi connectivity index (χ3n) is 4.05. The summed E-state index contributed by atoms with van der Waals surface area (Å²) >= 11 is 0. The summed E-state index contributed by atoms with van der Waals surface area (Å²) in [6.45, 7) is 3.09. The van der Waals surface area contributed by atoms with Crippen LogP contribution in [0, 0.1) is 6.92 Å². The van der Waals surface area contributed by atoms with Crippen molar-refractivity contribution >= 4 is 20.9 Å². The lowest BCUT2D eigenvalue weighted by molar-refractivity contribution is 0.146. The first kappa shape index (κ1) is 19.3. The summed E-state index contributed by atoms with van der Waals surface area (Å²) in [7, 11) is -2.07. The second kappa shape index (κ2) is 8.47. The molecule has 2 aromatic carbocycles. The summed E-state index contributed by atoms with van der Waals surface area (Å²) in [4.78, 5) is 4.48. The van der Waals surface area contributed by atoms with Gasteiger partial charge in [-0.1, -0.05) is 24.3 Å². The lowest BCUT2D eigenvalue weighted by Gasteiger charge is -2.10. The second-order valence-corrected chi connectivity index (χ2v) is 7.89. The van der Waals surface area contributed by atoms with E-state index in [0.29, 0.717) is 24.5 Å². The first-order chi connectivity index (χ1) is 13.0. The molecule has 6 nitrogen and oxygen atoms in total. The van der Waals surface area contributed by atoms with Gasteiger partial charge in [-0.2, -0.15) is 0 Å². The fourth-order valence-corrected chi connectivity index (χ4v) is 3.86. The molecule has 0 saturated carbocycles. The van der Waals surface area contributed by atoms with Crippen LogP contribution in [-0.4, -0.2) is 33.7 Å². The molecule has 0 bridgehead atoms. The van der Waals surface area contributed by atoms with Gasteiger partial charge in [-0.3, -0.25) is 4.98 Å². The van der Waals surface area contributed by atoms with Crippen LogP contribution in [-0.2, 0) is 21.3 Å². The van der Waals surface area contributed by atoms with Crippen LogP contribution in [0.15, 0.2) is 59.6 Å². The van der Waals surface area contributed by atoms with Crippen LogP contribution >= 0.6 is 0 Å². The van der Waals surface area contributed by atoms with Gasteiger partial charge in [0.1, 0.15) is 17.3 Å². The Morgan fingerprint density at radius 1 is 1.07 bits per heavy atom. The van der Waals surface area contributed by atoms with Crippen molar-refractivity contribution in [2.24, 2.45) is 0 Å². The fourth-order valence-electron chi connectivity index (χ4n) is 2.66. The van der Waals surface area contributed by atoms with Crippen molar-refractivity contribution in [1.82, 2.24) is 9.71 Å². The summed E-state index contributed by atoms with van der Waals surface area (Å²) in [5.74, 6) is 0.715. The normalized spacial score (nSPS) is 11.6. The maximum absolute atomic E-state index is 12.8. The summed E-state index contributed by atoms with van der Waals surface area (Å²) in [6, 6.07) is 14.3. The van der Waals surface area contributed by atoms with Gasteiger partial charge in [-0.25, -0.2) is 13.1 Å². The molecular weight excluding hydrogens is 364 g/mol. The zero-order chi connectivity index (χ0) is 19.3. The summed E-state index contributed by atoms with van der Waals surface area (Å²) in [5.41, 5.74) is 2.29. The molecule has 1 N–H and O–H groups in total. The monoisotopic (exact) mass is 386 g/mol. The van der Waals surface area contributed by atoms with Crippen LogP contribution in [0.5, 0.6) is 5.75 Å². The standard InChI is InChI=1S/C20H22N2O4S/c1-15-12-17-4-3-5-19(20(17)21-13-15)27(23,24)22-14-16-6-8-18(9-7-16)26-11-10-25-2/h3-9,12-13,22H,10-11,14H2,1-2H3. The zero-order valence-corrected chi connectivity index (χ0v) is 16.1. The van der Waals surface area contributed by atoms with E-state index in [9.17, 15) is 8.42 Å². The highest BCUT2D eigenvalue weighted by Crippen LogP contribution is 2.22. The molecule has 0 unspecified atom stereocenters. The van der Waals surface area contributed by atoms with Crippen LogP contribution in [0.25, 0.3) is 10.9 Å². The molecule has 142 valence electrons. The number of methoxy groups -OCH3 is 1. The molecule has 0 spiro atoms. The number of para-hydroxylation sites is 1. The number of aromatic nitrogens is 1. The van der Waals surface area contributed by atoms with Gasteiger partial charge in [0.05, 0.1) is 12.1 Å². The number of pyridine rings is 1. The molecule has 0 atom stereocenters. The second-order valence-electron chi connectivity index (χ2n) is 6.15. The van der Waals surface area contributed by atoms with Gasteiger partial charge in [0.25, 0.3) is 0 Å². The van der Waals surface area contributed by atoms with Crippen molar-refractivity contribution in [3.63, 3.8) is 0 Å². The number of hydrogen-bond donors (Lipinski definition) is 1. The average Bonchev–Trinajstić information content (AvgIpc) is 2.67. The lowest BCUT2D eigenvalue weighted by atomic mass is 10.2. The number of ether oxygens (including phenoxy) is 2. The summed E-state index contributed by atoms with van der Waals surface area (Å²) in [5, 5.41) is 0.801. The smallest absolute Gasteiger partial charge is 0.243 e. The van der Waals surface area contributed by atoms with Crippen LogP contribution < -0.4 is 9.46 Å². The minimum Gasteiger partial charge on any atom is -0.491 e.